The van der Waals surface area contributed by atoms with E-state index in [2.05, 4.69) is 4.98 Å². The highest BCUT2D eigenvalue weighted by atomic mass is 16.3. The van der Waals surface area contributed by atoms with Crippen LogP contribution in [0, 0.1) is 0 Å². The first-order valence-corrected chi connectivity index (χ1v) is 5.35. The van der Waals surface area contributed by atoms with Crippen molar-refractivity contribution in [2.24, 2.45) is 0 Å². The van der Waals surface area contributed by atoms with Crippen molar-refractivity contribution in [1.82, 2.24) is 9.88 Å². The highest BCUT2D eigenvalue weighted by molar-refractivity contribution is 5.95. The van der Waals surface area contributed by atoms with Gasteiger partial charge in [-0.05, 0) is 25.0 Å². The van der Waals surface area contributed by atoms with E-state index < -0.39 is 0 Å². The molecule has 1 aromatic rings. The first-order chi connectivity index (χ1) is 7.72. The average molecular weight is 221 g/mol. The quantitative estimate of drug-likeness (QED) is 0.750. The standard InChI is InChI=1S/C11H15N3O2/c12-10-6-8(3-4-13-10)11(16)14-5-1-2-9(14)7-15/h3-4,6,9,15H,1-2,5,7H2,(H2,12,13). The van der Waals surface area contributed by atoms with Gasteiger partial charge in [0.2, 0.25) is 0 Å². The number of rotatable bonds is 2. The summed E-state index contributed by atoms with van der Waals surface area (Å²) < 4.78 is 0. The lowest BCUT2D eigenvalue weighted by molar-refractivity contribution is 0.0677. The summed E-state index contributed by atoms with van der Waals surface area (Å²) >= 11 is 0. The Morgan fingerprint density at radius 3 is 3.19 bits per heavy atom. The number of carbonyl (C=O) groups is 1. The maximum Gasteiger partial charge on any atom is 0.254 e. The van der Waals surface area contributed by atoms with Crippen LogP contribution in [0.4, 0.5) is 5.82 Å². The molecule has 2 rings (SSSR count). The second-order valence-corrected chi connectivity index (χ2v) is 3.95. The minimum absolute atomic E-state index is 0.0201. The molecule has 3 N–H and O–H groups in total. The van der Waals surface area contributed by atoms with Crippen LogP contribution in [0.3, 0.4) is 0 Å². The fraction of sp³-hybridized carbons (Fsp3) is 0.455. The van der Waals surface area contributed by atoms with Gasteiger partial charge in [-0.1, -0.05) is 0 Å². The molecule has 0 saturated carbocycles. The Morgan fingerprint density at radius 1 is 1.69 bits per heavy atom. The van der Waals surface area contributed by atoms with Crippen molar-refractivity contribution in [2.75, 3.05) is 18.9 Å². The van der Waals surface area contributed by atoms with Gasteiger partial charge in [-0.15, -0.1) is 0 Å². The molecule has 1 unspecified atom stereocenters. The molecule has 1 saturated heterocycles. The van der Waals surface area contributed by atoms with Gasteiger partial charge < -0.3 is 15.7 Å². The largest absolute Gasteiger partial charge is 0.394 e. The number of carbonyl (C=O) groups excluding carboxylic acids is 1. The van der Waals surface area contributed by atoms with Crippen LogP contribution in [0.1, 0.15) is 23.2 Å². The molecule has 0 spiro atoms. The molecular formula is C11H15N3O2. The molecule has 2 heterocycles. The molecule has 0 bridgehead atoms. The van der Waals surface area contributed by atoms with Crippen LogP contribution in [-0.2, 0) is 0 Å². The van der Waals surface area contributed by atoms with Gasteiger partial charge in [0, 0.05) is 18.3 Å². The van der Waals surface area contributed by atoms with Crippen molar-refractivity contribution in [3.63, 3.8) is 0 Å². The van der Waals surface area contributed by atoms with E-state index in [0.717, 1.165) is 12.8 Å². The summed E-state index contributed by atoms with van der Waals surface area (Å²) in [5, 5.41) is 9.16. The molecule has 86 valence electrons. The summed E-state index contributed by atoms with van der Waals surface area (Å²) in [6.07, 6.45) is 3.33. The number of nitrogens with two attached hydrogens (primary N) is 1. The van der Waals surface area contributed by atoms with Crippen LogP contribution in [0.2, 0.25) is 0 Å². The topological polar surface area (TPSA) is 79.5 Å². The smallest absolute Gasteiger partial charge is 0.254 e. The molecule has 1 aromatic heterocycles. The Hall–Kier alpha value is -1.62. The van der Waals surface area contributed by atoms with E-state index >= 15 is 0 Å². The van der Waals surface area contributed by atoms with E-state index in [0.29, 0.717) is 17.9 Å². The van der Waals surface area contributed by atoms with Gasteiger partial charge in [-0.2, -0.15) is 0 Å². The summed E-state index contributed by atoms with van der Waals surface area (Å²) in [5.74, 6) is 0.260. The van der Waals surface area contributed by atoms with E-state index in [-0.39, 0.29) is 18.6 Å². The highest BCUT2D eigenvalue weighted by Crippen LogP contribution is 2.19. The number of amides is 1. The molecule has 1 aliphatic rings. The molecule has 1 fully saturated rings. The SMILES string of the molecule is Nc1cc(C(=O)N2CCCC2CO)ccn1. The van der Waals surface area contributed by atoms with Crippen LogP contribution < -0.4 is 5.73 Å². The van der Waals surface area contributed by atoms with Crippen LogP contribution >= 0.6 is 0 Å². The number of nitrogens with zero attached hydrogens (tertiary/aromatic N) is 2. The summed E-state index contributed by atoms with van der Waals surface area (Å²) in [7, 11) is 0. The molecular weight excluding hydrogens is 206 g/mol. The predicted octanol–water partition coefficient (Wildman–Crippen LogP) is 0.261. The molecule has 0 radical (unpaired) electrons. The van der Waals surface area contributed by atoms with Gasteiger partial charge in [0.05, 0.1) is 12.6 Å². The number of pyridine rings is 1. The monoisotopic (exact) mass is 221 g/mol. The Labute approximate surface area is 93.9 Å². The zero-order valence-corrected chi connectivity index (χ0v) is 8.97. The van der Waals surface area contributed by atoms with E-state index in [1.54, 1.807) is 17.0 Å². The first-order valence-electron chi connectivity index (χ1n) is 5.35. The van der Waals surface area contributed by atoms with Gasteiger partial charge in [-0.3, -0.25) is 4.79 Å². The molecule has 1 aliphatic heterocycles. The maximum atomic E-state index is 12.1. The first kappa shape index (κ1) is 10.9. The number of aliphatic hydroxyl groups is 1. The molecule has 5 heteroatoms. The van der Waals surface area contributed by atoms with Crippen molar-refractivity contribution in [1.29, 1.82) is 0 Å². The Bertz CT molecular complexity index is 395. The van der Waals surface area contributed by atoms with Gasteiger partial charge in [0.15, 0.2) is 0 Å². The van der Waals surface area contributed by atoms with Crippen molar-refractivity contribution in [3.05, 3.63) is 23.9 Å². The number of anilines is 1. The fourth-order valence-electron chi connectivity index (χ4n) is 2.04. The zero-order chi connectivity index (χ0) is 11.5. The van der Waals surface area contributed by atoms with Gasteiger partial charge in [0.25, 0.3) is 5.91 Å². The Kier molecular flexibility index (Phi) is 3.05. The van der Waals surface area contributed by atoms with Crippen molar-refractivity contribution in [2.45, 2.75) is 18.9 Å². The third-order valence-corrected chi connectivity index (χ3v) is 2.88. The van der Waals surface area contributed by atoms with Gasteiger partial charge in [0.1, 0.15) is 5.82 Å². The Morgan fingerprint density at radius 2 is 2.50 bits per heavy atom. The lowest BCUT2D eigenvalue weighted by Crippen LogP contribution is -2.37. The number of nitrogen functional groups attached to an aromatic ring is 1. The average Bonchev–Trinajstić information content (AvgIpc) is 2.76. The highest BCUT2D eigenvalue weighted by Gasteiger charge is 2.28. The Balaban J connectivity index is 2.18. The normalized spacial score (nSPS) is 20.1. The second-order valence-electron chi connectivity index (χ2n) is 3.95. The number of aliphatic hydroxyl groups excluding tert-OH is 1. The molecule has 0 aromatic carbocycles. The molecule has 0 aliphatic carbocycles. The number of likely N-dealkylation sites (tertiary alicyclic amines) is 1. The second kappa shape index (κ2) is 4.49. The lowest BCUT2D eigenvalue weighted by Gasteiger charge is -2.22. The van der Waals surface area contributed by atoms with Gasteiger partial charge >= 0.3 is 0 Å². The predicted molar refractivity (Wildman–Crippen MR) is 59.8 cm³/mol. The van der Waals surface area contributed by atoms with E-state index in [1.165, 1.54) is 6.20 Å². The van der Waals surface area contributed by atoms with Crippen LogP contribution in [-0.4, -0.2) is 40.1 Å². The summed E-state index contributed by atoms with van der Waals surface area (Å²) in [4.78, 5) is 17.6. The van der Waals surface area contributed by atoms with E-state index in [1.807, 2.05) is 0 Å². The third-order valence-electron chi connectivity index (χ3n) is 2.88. The molecule has 16 heavy (non-hydrogen) atoms. The lowest BCUT2D eigenvalue weighted by atomic mass is 10.2. The molecule has 1 atom stereocenters. The number of hydrogen-bond acceptors (Lipinski definition) is 4. The summed E-state index contributed by atoms with van der Waals surface area (Å²) in [6, 6.07) is 3.16. The van der Waals surface area contributed by atoms with Crippen LogP contribution in [0.25, 0.3) is 0 Å². The van der Waals surface area contributed by atoms with Gasteiger partial charge in [-0.25, -0.2) is 4.98 Å². The summed E-state index contributed by atoms with van der Waals surface area (Å²) in [6.45, 7) is 0.721. The van der Waals surface area contributed by atoms with E-state index in [4.69, 9.17) is 10.8 Å². The minimum atomic E-state index is -0.0781. The van der Waals surface area contributed by atoms with E-state index in [9.17, 15) is 4.79 Å². The zero-order valence-electron chi connectivity index (χ0n) is 8.97. The fourth-order valence-corrected chi connectivity index (χ4v) is 2.04. The molecule has 5 nitrogen and oxygen atoms in total. The molecule has 1 amide bonds. The van der Waals surface area contributed by atoms with Crippen molar-refractivity contribution >= 4 is 11.7 Å². The van der Waals surface area contributed by atoms with Crippen LogP contribution in [0.5, 0.6) is 0 Å². The van der Waals surface area contributed by atoms with Crippen molar-refractivity contribution in [3.8, 4) is 0 Å². The third kappa shape index (κ3) is 1.99. The number of hydrogen-bond donors (Lipinski definition) is 2. The van der Waals surface area contributed by atoms with Crippen LogP contribution in [0.15, 0.2) is 18.3 Å². The summed E-state index contributed by atoms with van der Waals surface area (Å²) in [5.41, 5.74) is 6.07. The maximum absolute atomic E-state index is 12.1. The van der Waals surface area contributed by atoms with Crippen molar-refractivity contribution < 1.29 is 9.90 Å². The number of aromatic nitrogens is 1. The minimum Gasteiger partial charge on any atom is -0.394 e.